The van der Waals surface area contributed by atoms with E-state index in [1.165, 1.54) is 19.3 Å². The minimum atomic E-state index is 1.12. The van der Waals surface area contributed by atoms with E-state index in [1.54, 1.807) is 103 Å². The fourth-order valence-electron chi connectivity index (χ4n) is 7.91. The zero-order valence-electron chi connectivity index (χ0n) is 16.9. The first-order valence-corrected chi connectivity index (χ1v) is 12.4. The van der Waals surface area contributed by atoms with E-state index in [-0.39, 0.29) is 0 Å². The van der Waals surface area contributed by atoms with Crippen molar-refractivity contribution < 1.29 is 0 Å². The van der Waals surface area contributed by atoms with Crippen molar-refractivity contribution in [2.24, 2.45) is 35.5 Å². The highest BCUT2D eigenvalue weighted by Crippen LogP contribution is 2.51. The van der Waals surface area contributed by atoms with Crippen LogP contribution < -0.4 is 0 Å². The van der Waals surface area contributed by atoms with E-state index in [0.29, 0.717) is 0 Å². The van der Waals surface area contributed by atoms with Gasteiger partial charge < -0.3 is 0 Å². The van der Waals surface area contributed by atoms with E-state index in [2.05, 4.69) is 0 Å². The molecule has 0 amide bonds. The Morgan fingerprint density at radius 1 is 0.240 bits per heavy atom. The Morgan fingerprint density at radius 2 is 0.520 bits per heavy atom. The summed E-state index contributed by atoms with van der Waals surface area (Å²) in [7, 11) is 0. The minimum absolute atomic E-state index is 1.12. The van der Waals surface area contributed by atoms with Crippen molar-refractivity contribution in [1.29, 1.82) is 0 Å². The molecule has 5 unspecified atom stereocenters. The fraction of sp³-hybridized carbons (Fsp3) is 1.00. The molecule has 0 spiro atoms. The molecule has 5 atom stereocenters. The summed E-state index contributed by atoms with van der Waals surface area (Å²) in [6.45, 7) is 0. The molecule has 0 heteroatoms. The molecule has 4 aliphatic carbocycles. The van der Waals surface area contributed by atoms with Crippen LogP contribution in [0.5, 0.6) is 0 Å². The lowest BCUT2D eigenvalue weighted by Gasteiger charge is -2.48. The minimum Gasteiger partial charge on any atom is -0.0533 e. The number of hydrogen-bond acceptors (Lipinski definition) is 0. The SMILES string of the molecule is C1CCCC(C2CCCCC2C2CCCCC2)C2CCCCC2CC1. The van der Waals surface area contributed by atoms with Crippen LogP contribution in [0.2, 0.25) is 0 Å². The van der Waals surface area contributed by atoms with Gasteiger partial charge in [0.1, 0.15) is 0 Å². The van der Waals surface area contributed by atoms with Gasteiger partial charge in [-0.3, -0.25) is 0 Å². The number of hydrogen-bond donors (Lipinski definition) is 0. The summed E-state index contributed by atoms with van der Waals surface area (Å²) in [6.07, 6.45) is 29.8. The van der Waals surface area contributed by atoms with E-state index in [9.17, 15) is 0 Å². The van der Waals surface area contributed by atoms with Gasteiger partial charge in [0.25, 0.3) is 0 Å². The van der Waals surface area contributed by atoms with Gasteiger partial charge in [-0.15, -0.1) is 0 Å². The maximum atomic E-state index is 1.61. The van der Waals surface area contributed by atoms with Crippen LogP contribution in [0.3, 0.4) is 0 Å². The molecule has 0 aromatic heterocycles. The van der Waals surface area contributed by atoms with Crippen LogP contribution in [0.25, 0.3) is 0 Å². The quantitative estimate of drug-likeness (QED) is 0.474. The summed E-state index contributed by atoms with van der Waals surface area (Å²) in [6, 6.07) is 0. The Hall–Kier alpha value is 0. The molecular weight excluding hydrogens is 300 g/mol. The first-order valence-electron chi connectivity index (χ1n) is 12.4. The summed E-state index contributed by atoms with van der Waals surface area (Å²) in [4.78, 5) is 0. The van der Waals surface area contributed by atoms with Gasteiger partial charge in [-0.25, -0.2) is 0 Å². The van der Waals surface area contributed by atoms with Crippen LogP contribution in [0, 0.1) is 35.5 Å². The van der Waals surface area contributed by atoms with E-state index in [0.717, 1.165) is 35.5 Å². The van der Waals surface area contributed by atoms with Crippen LogP contribution in [-0.4, -0.2) is 0 Å². The van der Waals surface area contributed by atoms with Crippen molar-refractivity contribution >= 4 is 0 Å². The van der Waals surface area contributed by atoms with E-state index < -0.39 is 0 Å². The Kier molecular flexibility index (Phi) is 6.81. The van der Waals surface area contributed by atoms with Crippen molar-refractivity contribution in [3.63, 3.8) is 0 Å². The van der Waals surface area contributed by atoms with Gasteiger partial charge in [-0.05, 0) is 61.2 Å². The molecule has 0 N–H and O–H groups in total. The standard InChI is InChI=1S/C25H44/c1-2-7-18-24(22-16-9-8-15-21(22)12-4-1)25-19-11-10-17-23(25)20-13-5-3-6-14-20/h20-25H,1-19H2. The van der Waals surface area contributed by atoms with E-state index in [1.807, 2.05) is 0 Å². The Labute approximate surface area is 157 Å². The normalized spacial score (nSPS) is 42.0. The van der Waals surface area contributed by atoms with Gasteiger partial charge in [0.2, 0.25) is 0 Å². The molecule has 4 aliphatic rings. The number of rotatable bonds is 2. The maximum absolute atomic E-state index is 1.61. The van der Waals surface area contributed by atoms with Crippen molar-refractivity contribution in [3.05, 3.63) is 0 Å². The average Bonchev–Trinajstić information content (AvgIpc) is 2.79. The fourth-order valence-corrected chi connectivity index (χ4v) is 7.91. The summed E-state index contributed by atoms with van der Waals surface area (Å²) >= 11 is 0. The zero-order chi connectivity index (χ0) is 16.9. The van der Waals surface area contributed by atoms with Crippen molar-refractivity contribution in [1.82, 2.24) is 0 Å². The highest BCUT2D eigenvalue weighted by Gasteiger charge is 2.42. The van der Waals surface area contributed by atoms with Crippen LogP contribution in [0.15, 0.2) is 0 Å². The topological polar surface area (TPSA) is 0 Å². The van der Waals surface area contributed by atoms with Crippen molar-refractivity contribution in [2.45, 2.75) is 122 Å². The Balaban J connectivity index is 1.53. The second-order valence-corrected chi connectivity index (χ2v) is 10.4. The third kappa shape index (κ3) is 4.47. The molecule has 0 nitrogen and oxygen atoms in total. The highest BCUT2D eigenvalue weighted by molar-refractivity contribution is 4.92. The number of fused-ring (bicyclic) bond motifs is 1. The van der Waals surface area contributed by atoms with Gasteiger partial charge in [0.15, 0.2) is 0 Å². The predicted molar refractivity (Wildman–Crippen MR) is 109 cm³/mol. The first-order chi connectivity index (χ1) is 12.4. The largest absolute Gasteiger partial charge is 0.0533 e. The van der Waals surface area contributed by atoms with Crippen LogP contribution in [0.4, 0.5) is 0 Å². The predicted octanol–water partition coefficient (Wildman–Crippen LogP) is 8.15. The molecule has 144 valence electrons. The zero-order valence-corrected chi connectivity index (χ0v) is 16.9. The van der Waals surface area contributed by atoms with Gasteiger partial charge >= 0.3 is 0 Å². The van der Waals surface area contributed by atoms with Gasteiger partial charge in [-0.2, -0.15) is 0 Å². The third-order valence-corrected chi connectivity index (χ3v) is 9.06. The smallest absolute Gasteiger partial charge is 0.0352 e. The molecule has 4 fully saturated rings. The van der Waals surface area contributed by atoms with Crippen LogP contribution >= 0.6 is 0 Å². The second-order valence-electron chi connectivity index (χ2n) is 10.4. The summed E-state index contributed by atoms with van der Waals surface area (Å²) in [5.41, 5.74) is 0. The van der Waals surface area contributed by atoms with Crippen LogP contribution in [0.1, 0.15) is 122 Å². The molecular formula is C25H44. The second kappa shape index (κ2) is 9.27. The molecule has 4 saturated carbocycles. The lowest BCUT2D eigenvalue weighted by atomic mass is 9.58. The van der Waals surface area contributed by atoms with E-state index in [4.69, 9.17) is 0 Å². The Morgan fingerprint density at radius 3 is 1.00 bits per heavy atom. The molecule has 25 heavy (non-hydrogen) atoms. The molecule has 0 aromatic rings. The molecule has 0 aromatic carbocycles. The molecule has 0 aliphatic heterocycles. The van der Waals surface area contributed by atoms with E-state index >= 15 is 0 Å². The summed E-state index contributed by atoms with van der Waals surface area (Å²) in [5, 5.41) is 0. The van der Waals surface area contributed by atoms with Crippen LogP contribution in [-0.2, 0) is 0 Å². The molecule has 4 rings (SSSR count). The summed E-state index contributed by atoms with van der Waals surface area (Å²) < 4.78 is 0. The molecule has 0 radical (unpaired) electrons. The van der Waals surface area contributed by atoms with Gasteiger partial charge in [-0.1, -0.05) is 96.3 Å². The lowest BCUT2D eigenvalue weighted by molar-refractivity contribution is 0.0218. The molecule has 0 bridgehead atoms. The Bertz CT molecular complexity index is 379. The maximum Gasteiger partial charge on any atom is -0.0352 e. The van der Waals surface area contributed by atoms with Crippen molar-refractivity contribution in [2.75, 3.05) is 0 Å². The monoisotopic (exact) mass is 344 g/mol. The highest BCUT2D eigenvalue weighted by atomic mass is 14.5. The summed E-state index contributed by atoms with van der Waals surface area (Å²) in [5.74, 6) is 6.74. The average molecular weight is 345 g/mol. The van der Waals surface area contributed by atoms with Crippen molar-refractivity contribution in [3.8, 4) is 0 Å². The lowest BCUT2D eigenvalue weighted by Crippen LogP contribution is -2.39. The van der Waals surface area contributed by atoms with Gasteiger partial charge in [0.05, 0.1) is 0 Å². The molecule has 0 heterocycles. The van der Waals surface area contributed by atoms with Gasteiger partial charge in [0, 0.05) is 0 Å². The first kappa shape index (κ1) is 18.4. The molecule has 0 saturated heterocycles. The third-order valence-electron chi connectivity index (χ3n) is 9.06.